The van der Waals surface area contributed by atoms with Gasteiger partial charge in [-0.1, -0.05) is 17.7 Å². The highest BCUT2D eigenvalue weighted by Crippen LogP contribution is 2.53. The lowest BCUT2D eigenvalue weighted by atomic mass is 10.3. The van der Waals surface area contributed by atoms with Gasteiger partial charge in [0.1, 0.15) is 16.7 Å². The number of benzene rings is 1. The molecule has 0 aromatic heterocycles. The average Bonchev–Trinajstić information content (AvgIpc) is 2.97. The predicted octanol–water partition coefficient (Wildman–Crippen LogP) is 3.37. The quantitative estimate of drug-likeness (QED) is 0.778. The molecule has 0 aliphatic heterocycles. The molecule has 1 unspecified atom stereocenters. The molecule has 2 rings (SSSR count). The average molecular weight is 323 g/mol. The van der Waals surface area contributed by atoms with Crippen LogP contribution in [0.2, 0.25) is 5.02 Å². The van der Waals surface area contributed by atoms with E-state index in [0.29, 0.717) is 30.3 Å². The van der Waals surface area contributed by atoms with Gasteiger partial charge in [0.2, 0.25) is 5.91 Å². The third-order valence-corrected chi connectivity index (χ3v) is 4.06. The fourth-order valence-electron chi connectivity index (χ4n) is 1.71. The summed E-state index contributed by atoms with van der Waals surface area (Å²) in [5, 5.41) is 0.619. The standard InChI is InChI=1S/C13H14Cl3NO2/c1-17(12(18)11-8-13(11,15)16)5-6-19-10-4-2-3-9(14)7-10/h2-4,7,11H,5-6,8H2,1H3. The molecular formula is C13H14Cl3NO2. The largest absolute Gasteiger partial charge is 0.492 e. The number of halogens is 3. The minimum Gasteiger partial charge on any atom is -0.492 e. The SMILES string of the molecule is CN(CCOc1cccc(Cl)c1)C(=O)C1CC1(Cl)Cl. The molecule has 1 aliphatic rings. The molecule has 0 bridgehead atoms. The van der Waals surface area contributed by atoms with E-state index in [1.165, 1.54) is 0 Å². The highest BCUT2D eigenvalue weighted by molar-refractivity contribution is 6.52. The van der Waals surface area contributed by atoms with Crippen molar-refractivity contribution in [3.63, 3.8) is 0 Å². The molecule has 1 amide bonds. The lowest BCUT2D eigenvalue weighted by Crippen LogP contribution is -2.33. The maximum Gasteiger partial charge on any atom is 0.228 e. The van der Waals surface area contributed by atoms with Gasteiger partial charge in [-0.05, 0) is 24.6 Å². The Balaban J connectivity index is 1.75. The first-order valence-corrected chi connectivity index (χ1v) is 7.05. The molecule has 0 saturated heterocycles. The van der Waals surface area contributed by atoms with Crippen LogP contribution in [0.1, 0.15) is 6.42 Å². The molecule has 6 heteroatoms. The molecule has 1 aliphatic carbocycles. The van der Waals surface area contributed by atoms with Gasteiger partial charge in [0, 0.05) is 12.1 Å². The zero-order valence-corrected chi connectivity index (χ0v) is 12.7. The zero-order valence-electron chi connectivity index (χ0n) is 10.4. The summed E-state index contributed by atoms with van der Waals surface area (Å²) in [5.74, 6) is 0.357. The number of likely N-dealkylation sites (N-methyl/N-ethyl adjacent to an activating group) is 1. The maximum atomic E-state index is 11.9. The van der Waals surface area contributed by atoms with Crippen molar-refractivity contribution in [1.29, 1.82) is 0 Å². The summed E-state index contributed by atoms with van der Waals surface area (Å²) >= 11 is 17.6. The normalized spacial score (nSPS) is 19.9. The molecule has 1 aromatic rings. The van der Waals surface area contributed by atoms with E-state index in [2.05, 4.69) is 0 Å². The van der Waals surface area contributed by atoms with E-state index in [0.717, 1.165) is 0 Å². The highest BCUT2D eigenvalue weighted by Gasteiger charge is 2.57. The van der Waals surface area contributed by atoms with E-state index in [1.807, 2.05) is 12.1 Å². The van der Waals surface area contributed by atoms with Crippen molar-refractivity contribution in [1.82, 2.24) is 4.90 Å². The van der Waals surface area contributed by atoms with Crippen LogP contribution in [0.25, 0.3) is 0 Å². The maximum absolute atomic E-state index is 11.9. The number of amides is 1. The van der Waals surface area contributed by atoms with E-state index >= 15 is 0 Å². The van der Waals surface area contributed by atoms with Crippen LogP contribution in [0.15, 0.2) is 24.3 Å². The molecule has 0 N–H and O–H groups in total. The van der Waals surface area contributed by atoms with Crippen molar-refractivity contribution in [2.24, 2.45) is 5.92 Å². The Morgan fingerprint density at radius 1 is 1.53 bits per heavy atom. The van der Waals surface area contributed by atoms with Crippen LogP contribution in [0.5, 0.6) is 5.75 Å². The van der Waals surface area contributed by atoms with E-state index in [9.17, 15) is 4.79 Å². The second-order valence-electron chi connectivity index (χ2n) is 4.58. The molecule has 1 saturated carbocycles. The Bertz CT molecular complexity index is 479. The van der Waals surface area contributed by atoms with Crippen molar-refractivity contribution < 1.29 is 9.53 Å². The number of ether oxygens (including phenoxy) is 1. The highest BCUT2D eigenvalue weighted by atomic mass is 35.5. The number of hydrogen-bond acceptors (Lipinski definition) is 2. The molecule has 0 heterocycles. The molecule has 104 valence electrons. The predicted molar refractivity (Wildman–Crippen MR) is 77.1 cm³/mol. The Kier molecular flexibility index (Phi) is 4.49. The second kappa shape index (κ2) is 5.78. The fourth-order valence-corrected chi connectivity index (χ4v) is 2.39. The van der Waals surface area contributed by atoms with Gasteiger partial charge >= 0.3 is 0 Å². The van der Waals surface area contributed by atoms with Crippen LogP contribution in [0, 0.1) is 5.92 Å². The molecule has 1 atom stereocenters. The smallest absolute Gasteiger partial charge is 0.228 e. The summed E-state index contributed by atoms with van der Waals surface area (Å²) in [6.45, 7) is 0.874. The number of rotatable bonds is 5. The van der Waals surface area contributed by atoms with Gasteiger partial charge in [0.25, 0.3) is 0 Å². The van der Waals surface area contributed by atoms with Gasteiger partial charge in [-0.2, -0.15) is 0 Å². The second-order valence-corrected chi connectivity index (χ2v) is 6.56. The fraction of sp³-hybridized carbons (Fsp3) is 0.462. The first-order chi connectivity index (χ1) is 8.90. The Morgan fingerprint density at radius 3 is 2.79 bits per heavy atom. The molecule has 0 spiro atoms. The summed E-state index contributed by atoms with van der Waals surface area (Å²) in [4.78, 5) is 13.5. The van der Waals surface area contributed by atoms with Crippen molar-refractivity contribution in [3.05, 3.63) is 29.3 Å². The summed E-state index contributed by atoms with van der Waals surface area (Å²) in [7, 11) is 1.71. The van der Waals surface area contributed by atoms with Crippen molar-refractivity contribution in [3.8, 4) is 5.75 Å². The summed E-state index contributed by atoms with van der Waals surface area (Å²) in [6, 6.07) is 7.13. The van der Waals surface area contributed by atoms with Crippen LogP contribution < -0.4 is 4.74 Å². The summed E-state index contributed by atoms with van der Waals surface area (Å²) in [5.41, 5.74) is 0. The van der Waals surface area contributed by atoms with Crippen LogP contribution in [0.3, 0.4) is 0 Å². The molecule has 1 aromatic carbocycles. The van der Waals surface area contributed by atoms with E-state index in [4.69, 9.17) is 39.5 Å². The molecule has 19 heavy (non-hydrogen) atoms. The minimum atomic E-state index is -0.876. The van der Waals surface area contributed by atoms with Crippen molar-refractivity contribution in [2.75, 3.05) is 20.2 Å². The van der Waals surface area contributed by atoms with Crippen molar-refractivity contribution in [2.45, 2.75) is 10.8 Å². The number of nitrogens with zero attached hydrogens (tertiary/aromatic N) is 1. The molecular weight excluding hydrogens is 309 g/mol. The van der Waals surface area contributed by atoms with Crippen LogP contribution >= 0.6 is 34.8 Å². The number of alkyl halides is 2. The van der Waals surface area contributed by atoms with Gasteiger partial charge in [-0.15, -0.1) is 23.2 Å². The van der Waals surface area contributed by atoms with Gasteiger partial charge in [-0.3, -0.25) is 4.79 Å². The molecule has 1 fully saturated rings. The summed E-state index contributed by atoms with van der Waals surface area (Å²) in [6.07, 6.45) is 0.522. The Hall–Kier alpha value is -0.640. The van der Waals surface area contributed by atoms with Gasteiger partial charge in [-0.25, -0.2) is 0 Å². The van der Waals surface area contributed by atoms with E-state index in [1.54, 1.807) is 24.1 Å². The number of carbonyl (C=O) groups is 1. The van der Waals surface area contributed by atoms with E-state index < -0.39 is 4.33 Å². The third-order valence-electron chi connectivity index (χ3n) is 2.99. The molecule has 0 radical (unpaired) electrons. The van der Waals surface area contributed by atoms with Crippen LogP contribution in [-0.2, 0) is 4.79 Å². The monoisotopic (exact) mass is 321 g/mol. The topological polar surface area (TPSA) is 29.5 Å². The van der Waals surface area contributed by atoms with Gasteiger partial charge < -0.3 is 9.64 Å². The number of carbonyl (C=O) groups excluding carboxylic acids is 1. The first-order valence-electron chi connectivity index (χ1n) is 5.91. The van der Waals surface area contributed by atoms with E-state index in [-0.39, 0.29) is 11.8 Å². The van der Waals surface area contributed by atoms with Crippen LogP contribution in [0.4, 0.5) is 0 Å². The Labute approximate surface area is 127 Å². The third kappa shape index (κ3) is 3.91. The molecule has 3 nitrogen and oxygen atoms in total. The van der Waals surface area contributed by atoms with Gasteiger partial charge in [0.15, 0.2) is 0 Å². The van der Waals surface area contributed by atoms with Crippen molar-refractivity contribution >= 4 is 40.7 Å². The minimum absolute atomic E-state index is 0.0419. The van der Waals surface area contributed by atoms with Crippen LogP contribution in [-0.4, -0.2) is 35.3 Å². The lowest BCUT2D eigenvalue weighted by Gasteiger charge is -2.17. The zero-order chi connectivity index (χ0) is 14.0. The van der Waals surface area contributed by atoms with Gasteiger partial charge in [0.05, 0.1) is 12.5 Å². The number of hydrogen-bond donors (Lipinski definition) is 0. The lowest BCUT2D eigenvalue weighted by molar-refractivity contribution is -0.131. The Morgan fingerprint density at radius 2 is 2.21 bits per heavy atom. The first kappa shape index (κ1) is 14.8. The summed E-state index contributed by atoms with van der Waals surface area (Å²) < 4.78 is 4.64.